The molecule has 6 nitrogen and oxygen atoms in total. The zero-order valence-electron chi connectivity index (χ0n) is 16.3. The van der Waals surface area contributed by atoms with Gasteiger partial charge in [0.25, 0.3) is 11.5 Å². The fourth-order valence-corrected chi connectivity index (χ4v) is 5.32. The van der Waals surface area contributed by atoms with Crippen LogP contribution in [0.15, 0.2) is 40.5 Å². The first-order chi connectivity index (χ1) is 14.2. The smallest absolute Gasteiger partial charge is 0.261 e. The largest absolute Gasteiger partial charge is 0.350 e. The maximum absolute atomic E-state index is 12.9. The second kappa shape index (κ2) is 7.72. The molecule has 2 aromatic heterocycles. The van der Waals surface area contributed by atoms with Crippen LogP contribution in [0.3, 0.4) is 0 Å². The molecule has 0 unspecified atom stereocenters. The van der Waals surface area contributed by atoms with Gasteiger partial charge in [-0.1, -0.05) is 6.07 Å². The second-order valence-corrected chi connectivity index (χ2v) is 8.78. The maximum Gasteiger partial charge on any atom is 0.261 e. The zero-order valence-corrected chi connectivity index (χ0v) is 17.1. The molecule has 0 radical (unpaired) electrons. The molecule has 2 aliphatic rings. The van der Waals surface area contributed by atoms with Crippen molar-refractivity contribution < 1.29 is 4.79 Å². The van der Waals surface area contributed by atoms with Crippen LogP contribution in [0.1, 0.15) is 46.4 Å². The number of thiophene rings is 1. The minimum Gasteiger partial charge on any atom is -0.350 e. The Balaban J connectivity index is 1.37. The highest BCUT2D eigenvalue weighted by atomic mass is 32.1. The van der Waals surface area contributed by atoms with E-state index in [9.17, 15) is 9.59 Å². The Morgan fingerprint density at radius 2 is 2.03 bits per heavy atom. The number of nitrogens with zero attached hydrogens (tertiary/aromatic N) is 3. The summed E-state index contributed by atoms with van der Waals surface area (Å²) in [5.41, 5.74) is 1.17. The van der Waals surface area contributed by atoms with Crippen LogP contribution in [0.4, 0.5) is 0 Å². The predicted molar refractivity (Wildman–Crippen MR) is 115 cm³/mol. The van der Waals surface area contributed by atoms with Crippen LogP contribution < -0.4 is 10.9 Å². The molecule has 150 valence electrons. The number of amides is 1. The van der Waals surface area contributed by atoms with Gasteiger partial charge in [0.15, 0.2) is 0 Å². The molecule has 1 N–H and O–H groups in total. The Bertz CT molecular complexity index is 1100. The van der Waals surface area contributed by atoms with Gasteiger partial charge in [0.1, 0.15) is 5.82 Å². The van der Waals surface area contributed by atoms with Crippen molar-refractivity contribution in [1.82, 2.24) is 19.8 Å². The predicted octanol–water partition coefficient (Wildman–Crippen LogP) is 2.97. The molecule has 3 aromatic rings. The molecule has 1 saturated heterocycles. The van der Waals surface area contributed by atoms with Crippen molar-refractivity contribution in [3.05, 3.63) is 62.3 Å². The van der Waals surface area contributed by atoms with Crippen LogP contribution in [0.5, 0.6) is 0 Å². The molecular weight excluding hydrogens is 384 g/mol. The average Bonchev–Trinajstić information content (AvgIpc) is 3.50. The summed E-state index contributed by atoms with van der Waals surface area (Å²) in [5, 5.41) is 5.78. The molecule has 4 heterocycles. The lowest BCUT2D eigenvalue weighted by Gasteiger charge is -2.27. The molecule has 1 fully saturated rings. The van der Waals surface area contributed by atoms with E-state index in [1.165, 1.54) is 17.7 Å². The van der Waals surface area contributed by atoms with Crippen molar-refractivity contribution in [2.75, 3.05) is 19.6 Å². The molecule has 1 atom stereocenters. The van der Waals surface area contributed by atoms with Gasteiger partial charge in [0, 0.05) is 30.0 Å². The molecule has 0 bridgehead atoms. The van der Waals surface area contributed by atoms with Gasteiger partial charge in [0.2, 0.25) is 0 Å². The van der Waals surface area contributed by atoms with Gasteiger partial charge in [-0.3, -0.25) is 19.1 Å². The highest BCUT2D eigenvalue weighted by Crippen LogP contribution is 2.28. The van der Waals surface area contributed by atoms with Gasteiger partial charge in [0.05, 0.1) is 16.9 Å². The Morgan fingerprint density at radius 3 is 2.83 bits per heavy atom. The van der Waals surface area contributed by atoms with Crippen LogP contribution in [0.25, 0.3) is 10.9 Å². The van der Waals surface area contributed by atoms with Crippen LogP contribution >= 0.6 is 11.3 Å². The number of benzene rings is 1. The number of carbonyl (C=O) groups is 1. The minimum absolute atomic E-state index is 0.00116. The van der Waals surface area contributed by atoms with E-state index in [0.29, 0.717) is 23.0 Å². The second-order valence-electron chi connectivity index (χ2n) is 7.80. The molecule has 7 heteroatoms. The van der Waals surface area contributed by atoms with Crippen LogP contribution in [-0.2, 0) is 13.0 Å². The lowest BCUT2D eigenvalue weighted by molar-refractivity contribution is 0.0938. The molecule has 1 aromatic carbocycles. The fraction of sp³-hybridized carbons (Fsp3) is 0.409. The van der Waals surface area contributed by atoms with E-state index in [4.69, 9.17) is 0 Å². The molecule has 5 rings (SSSR count). The molecule has 29 heavy (non-hydrogen) atoms. The van der Waals surface area contributed by atoms with Gasteiger partial charge in [-0.2, -0.15) is 0 Å². The van der Waals surface area contributed by atoms with Crippen molar-refractivity contribution in [2.45, 2.75) is 38.3 Å². The van der Waals surface area contributed by atoms with Crippen molar-refractivity contribution >= 4 is 28.1 Å². The van der Waals surface area contributed by atoms with Crippen LogP contribution in [0, 0.1) is 0 Å². The molecule has 2 aliphatic heterocycles. The first-order valence-corrected chi connectivity index (χ1v) is 11.2. The number of rotatable bonds is 5. The summed E-state index contributed by atoms with van der Waals surface area (Å²) in [7, 11) is 0. The molecule has 0 spiro atoms. The summed E-state index contributed by atoms with van der Waals surface area (Å²) in [4.78, 5) is 33.9. The van der Waals surface area contributed by atoms with E-state index in [1.54, 1.807) is 34.1 Å². The van der Waals surface area contributed by atoms with E-state index >= 15 is 0 Å². The normalized spacial score (nSPS) is 17.5. The van der Waals surface area contributed by atoms with Gasteiger partial charge in [-0.15, -0.1) is 11.3 Å². The van der Waals surface area contributed by atoms with E-state index in [-0.39, 0.29) is 17.5 Å². The first kappa shape index (κ1) is 18.5. The van der Waals surface area contributed by atoms with Crippen molar-refractivity contribution in [1.29, 1.82) is 0 Å². The summed E-state index contributed by atoms with van der Waals surface area (Å²) >= 11 is 1.74. The monoisotopic (exact) mass is 408 g/mol. The Labute approximate surface area is 173 Å². The van der Waals surface area contributed by atoms with Gasteiger partial charge in [-0.05, 0) is 62.0 Å². The SMILES string of the molecule is O=C(NC[C@H](c1cccs1)N1CCCC1)c1ccc2c(=O)n3c(nc2c1)CCC3. The average molecular weight is 409 g/mol. The Kier molecular flexibility index (Phi) is 4.93. The number of hydrogen-bond donors (Lipinski definition) is 1. The van der Waals surface area contributed by atoms with Crippen molar-refractivity contribution in [3.8, 4) is 0 Å². The summed E-state index contributed by atoms with van der Waals surface area (Å²) in [6, 6.07) is 9.65. The van der Waals surface area contributed by atoms with Crippen molar-refractivity contribution in [2.24, 2.45) is 0 Å². The van der Waals surface area contributed by atoms with E-state index in [0.717, 1.165) is 38.3 Å². The van der Waals surface area contributed by atoms with Crippen molar-refractivity contribution in [3.63, 3.8) is 0 Å². The zero-order chi connectivity index (χ0) is 19.8. The quantitative estimate of drug-likeness (QED) is 0.705. The number of hydrogen-bond acceptors (Lipinski definition) is 5. The van der Waals surface area contributed by atoms with Gasteiger partial charge >= 0.3 is 0 Å². The van der Waals surface area contributed by atoms with Crippen LogP contribution in [-0.4, -0.2) is 40.0 Å². The summed E-state index contributed by atoms with van der Waals surface area (Å²) in [6.45, 7) is 3.47. The number of likely N-dealkylation sites (tertiary alicyclic amines) is 1. The van der Waals surface area contributed by atoms with E-state index < -0.39 is 0 Å². The lowest BCUT2D eigenvalue weighted by Crippen LogP contribution is -2.36. The fourth-order valence-electron chi connectivity index (χ4n) is 4.46. The highest BCUT2D eigenvalue weighted by molar-refractivity contribution is 7.10. The third-order valence-corrected chi connectivity index (χ3v) is 6.96. The third-order valence-electron chi connectivity index (χ3n) is 5.99. The molecule has 0 saturated carbocycles. The highest BCUT2D eigenvalue weighted by Gasteiger charge is 2.25. The number of nitrogens with one attached hydrogen (secondary N) is 1. The molecule has 0 aliphatic carbocycles. The number of aromatic nitrogens is 2. The van der Waals surface area contributed by atoms with Gasteiger partial charge < -0.3 is 5.32 Å². The number of fused-ring (bicyclic) bond motifs is 2. The summed E-state index contributed by atoms with van der Waals surface area (Å²) < 4.78 is 1.75. The first-order valence-electron chi connectivity index (χ1n) is 10.3. The molecular formula is C22H24N4O2S. The summed E-state index contributed by atoms with van der Waals surface area (Å²) in [5.74, 6) is 0.710. The van der Waals surface area contributed by atoms with Gasteiger partial charge in [-0.25, -0.2) is 4.98 Å². The Hall–Kier alpha value is -2.51. The molecule has 1 amide bonds. The number of aryl methyl sites for hydroxylation is 1. The van der Waals surface area contributed by atoms with Crippen LogP contribution in [0.2, 0.25) is 0 Å². The van der Waals surface area contributed by atoms with E-state index in [2.05, 4.69) is 32.7 Å². The Morgan fingerprint density at radius 1 is 1.17 bits per heavy atom. The minimum atomic E-state index is -0.116. The topological polar surface area (TPSA) is 67.2 Å². The third kappa shape index (κ3) is 3.49. The maximum atomic E-state index is 12.9. The van der Waals surface area contributed by atoms with E-state index in [1.807, 2.05) is 0 Å². The standard InChI is InChI=1S/C22H24N4O2S/c27-21(23-14-18(19-5-4-12-29-19)25-9-1-2-10-25)15-7-8-16-17(13-15)24-20-6-3-11-26(20)22(16)28/h4-5,7-8,12-13,18H,1-3,6,9-11,14H2,(H,23,27)/t18-/m1/s1. The number of carbonyl (C=O) groups excluding carboxylic acids is 1. The lowest BCUT2D eigenvalue weighted by atomic mass is 10.1. The summed E-state index contributed by atoms with van der Waals surface area (Å²) in [6.07, 6.45) is 4.20.